The first-order valence-corrected chi connectivity index (χ1v) is 6.95. The Bertz CT molecular complexity index is 646. The number of benzene rings is 1. The van der Waals surface area contributed by atoms with E-state index in [2.05, 4.69) is 15.7 Å². The maximum absolute atomic E-state index is 12.1. The fourth-order valence-electron chi connectivity index (χ4n) is 1.82. The van der Waals surface area contributed by atoms with Crippen molar-refractivity contribution in [2.75, 3.05) is 5.43 Å². The standard InChI is InChI=1S/C14H14Cl2N4O/c1-8(11-4-3-10(15)6-12(11)16)19-14(21)9-2-5-13(20-17)18-7-9/h2-8H,17H2,1H3,(H,18,20)(H,19,21). The lowest BCUT2D eigenvalue weighted by Gasteiger charge is -2.16. The molecule has 0 saturated carbocycles. The number of pyridine rings is 1. The maximum atomic E-state index is 12.1. The number of nitrogens with one attached hydrogen (secondary N) is 2. The minimum absolute atomic E-state index is 0.246. The van der Waals surface area contributed by atoms with E-state index in [-0.39, 0.29) is 11.9 Å². The van der Waals surface area contributed by atoms with Crippen molar-refractivity contribution in [3.05, 3.63) is 57.7 Å². The second-order valence-corrected chi connectivity index (χ2v) is 5.28. The largest absolute Gasteiger partial charge is 0.345 e. The molecule has 0 bridgehead atoms. The zero-order valence-electron chi connectivity index (χ0n) is 11.2. The highest BCUT2D eigenvalue weighted by Gasteiger charge is 2.14. The third-order valence-electron chi connectivity index (χ3n) is 2.95. The number of carbonyl (C=O) groups excluding carboxylic acids is 1. The molecule has 0 aliphatic rings. The molecule has 21 heavy (non-hydrogen) atoms. The van der Waals surface area contributed by atoms with Crippen molar-refractivity contribution in [2.24, 2.45) is 5.84 Å². The molecule has 1 aromatic carbocycles. The molecule has 7 heteroatoms. The summed E-state index contributed by atoms with van der Waals surface area (Å²) < 4.78 is 0. The molecule has 1 unspecified atom stereocenters. The third kappa shape index (κ3) is 3.85. The molecule has 0 spiro atoms. The molecule has 1 aromatic heterocycles. The second-order valence-electron chi connectivity index (χ2n) is 4.44. The van der Waals surface area contributed by atoms with Crippen molar-refractivity contribution in [3.8, 4) is 0 Å². The number of anilines is 1. The summed E-state index contributed by atoms with van der Waals surface area (Å²) in [6.45, 7) is 1.84. The van der Waals surface area contributed by atoms with Gasteiger partial charge in [-0.3, -0.25) is 4.79 Å². The van der Waals surface area contributed by atoms with Crippen LogP contribution in [0.2, 0.25) is 10.0 Å². The molecule has 2 aromatic rings. The van der Waals surface area contributed by atoms with E-state index in [0.717, 1.165) is 5.56 Å². The van der Waals surface area contributed by atoms with Crippen LogP contribution >= 0.6 is 23.2 Å². The average molecular weight is 325 g/mol. The molecule has 1 atom stereocenters. The number of aromatic nitrogens is 1. The minimum Gasteiger partial charge on any atom is -0.345 e. The summed E-state index contributed by atoms with van der Waals surface area (Å²) >= 11 is 12.0. The summed E-state index contributed by atoms with van der Waals surface area (Å²) in [5, 5.41) is 3.91. The Morgan fingerprint density at radius 1 is 1.29 bits per heavy atom. The number of hydrogen-bond donors (Lipinski definition) is 3. The lowest BCUT2D eigenvalue weighted by Crippen LogP contribution is -2.27. The zero-order chi connectivity index (χ0) is 15.4. The number of amides is 1. The van der Waals surface area contributed by atoms with Gasteiger partial charge in [0.25, 0.3) is 5.91 Å². The predicted molar refractivity (Wildman–Crippen MR) is 84.4 cm³/mol. The van der Waals surface area contributed by atoms with Crippen molar-refractivity contribution in [3.63, 3.8) is 0 Å². The van der Waals surface area contributed by atoms with Gasteiger partial charge in [0.1, 0.15) is 5.82 Å². The Kier molecular flexibility index (Phi) is 5.01. The quantitative estimate of drug-likeness (QED) is 0.596. The van der Waals surface area contributed by atoms with Crippen LogP contribution in [0.5, 0.6) is 0 Å². The van der Waals surface area contributed by atoms with Crippen molar-refractivity contribution in [2.45, 2.75) is 13.0 Å². The number of hydrogen-bond acceptors (Lipinski definition) is 4. The van der Waals surface area contributed by atoms with Crippen molar-refractivity contribution < 1.29 is 4.79 Å². The van der Waals surface area contributed by atoms with Gasteiger partial charge in [0, 0.05) is 16.2 Å². The molecule has 2 rings (SSSR count). The lowest BCUT2D eigenvalue weighted by atomic mass is 10.1. The van der Waals surface area contributed by atoms with E-state index >= 15 is 0 Å². The molecule has 1 amide bonds. The first kappa shape index (κ1) is 15.6. The fourth-order valence-corrected chi connectivity index (χ4v) is 2.40. The molecule has 4 N–H and O–H groups in total. The maximum Gasteiger partial charge on any atom is 0.253 e. The summed E-state index contributed by atoms with van der Waals surface area (Å²) in [5.41, 5.74) is 3.63. The number of nitrogen functional groups attached to an aromatic ring is 1. The fraction of sp³-hybridized carbons (Fsp3) is 0.143. The molecule has 0 fully saturated rings. The number of carbonyl (C=O) groups is 1. The second kappa shape index (κ2) is 6.76. The number of halogens is 2. The monoisotopic (exact) mass is 324 g/mol. The highest BCUT2D eigenvalue weighted by atomic mass is 35.5. The van der Waals surface area contributed by atoms with Gasteiger partial charge < -0.3 is 10.7 Å². The van der Waals surface area contributed by atoms with E-state index in [1.165, 1.54) is 6.20 Å². The van der Waals surface area contributed by atoms with Gasteiger partial charge in [0.15, 0.2) is 0 Å². The van der Waals surface area contributed by atoms with Gasteiger partial charge in [-0.15, -0.1) is 0 Å². The molecule has 0 aliphatic heterocycles. The van der Waals surface area contributed by atoms with Crippen LogP contribution in [0, 0.1) is 0 Å². The Hall–Kier alpha value is -1.82. The summed E-state index contributed by atoms with van der Waals surface area (Å²) in [6.07, 6.45) is 1.45. The normalized spacial score (nSPS) is 11.8. The van der Waals surface area contributed by atoms with E-state index in [0.29, 0.717) is 21.4 Å². The molecule has 0 radical (unpaired) electrons. The summed E-state index contributed by atoms with van der Waals surface area (Å²) in [6, 6.07) is 8.16. The summed E-state index contributed by atoms with van der Waals surface area (Å²) in [5.74, 6) is 5.46. The number of nitrogens with zero attached hydrogens (tertiary/aromatic N) is 1. The first-order chi connectivity index (χ1) is 10.0. The van der Waals surface area contributed by atoms with E-state index < -0.39 is 0 Å². The molecule has 1 heterocycles. The van der Waals surface area contributed by atoms with E-state index in [1.807, 2.05) is 6.92 Å². The van der Waals surface area contributed by atoms with Crippen LogP contribution in [0.3, 0.4) is 0 Å². The number of rotatable bonds is 4. The molecular weight excluding hydrogens is 311 g/mol. The van der Waals surface area contributed by atoms with Gasteiger partial charge in [-0.1, -0.05) is 29.3 Å². The SMILES string of the molecule is CC(NC(=O)c1ccc(NN)nc1)c1ccc(Cl)cc1Cl. The van der Waals surface area contributed by atoms with E-state index in [9.17, 15) is 4.79 Å². The van der Waals surface area contributed by atoms with Crippen LogP contribution in [-0.4, -0.2) is 10.9 Å². The van der Waals surface area contributed by atoms with Crippen LogP contribution in [-0.2, 0) is 0 Å². The number of hydrazine groups is 1. The highest BCUT2D eigenvalue weighted by molar-refractivity contribution is 6.35. The minimum atomic E-state index is -0.255. The lowest BCUT2D eigenvalue weighted by molar-refractivity contribution is 0.0939. The Morgan fingerprint density at radius 3 is 2.62 bits per heavy atom. The van der Waals surface area contributed by atoms with Crippen LogP contribution in [0.1, 0.15) is 28.9 Å². The van der Waals surface area contributed by atoms with E-state index in [4.69, 9.17) is 29.0 Å². The summed E-state index contributed by atoms with van der Waals surface area (Å²) in [4.78, 5) is 16.1. The summed E-state index contributed by atoms with van der Waals surface area (Å²) in [7, 11) is 0. The van der Waals surface area contributed by atoms with Gasteiger partial charge in [-0.2, -0.15) is 0 Å². The molecule has 110 valence electrons. The number of nitrogens with two attached hydrogens (primary N) is 1. The Labute approximate surface area is 132 Å². The van der Waals surface area contributed by atoms with Crippen LogP contribution in [0.25, 0.3) is 0 Å². The van der Waals surface area contributed by atoms with Crippen LogP contribution in [0.15, 0.2) is 36.5 Å². The Morgan fingerprint density at radius 2 is 2.05 bits per heavy atom. The molecule has 5 nitrogen and oxygen atoms in total. The van der Waals surface area contributed by atoms with Crippen LogP contribution < -0.4 is 16.6 Å². The van der Waals surface area contributed by atoms with Gasteiger partial charge in [0.2, 0.25) is 0 Å². The van der Waals surface area contributed by atoms with Gasteiger partial charge >= 0.3 is 0 Å². The third-order valence-corrected chi connectivity index (χ3v) is 3.51. The van der Waals surface area contributed by atoms with E-state index in [1.54, 1.807) is 30.3 Å². The van der Waals surface area contributed by atoms with Crippen molar-refractivity contribution >= 4 is 34.9 Å². The molecule has 0 saturated heterocycles. The predicted octanol–water partition coefficient (Wildman–Crippen LogP) is 3.17. The van der Waals surface area contributed by atoms with Crippen molar-refractivity contribution in [1.29, 1.82) is 0 Å². The zero-order valence-corrected chi connectivity index (χ0v) is 12.7. The first-order valence-electron chi connectivity index (χ1n) is 6.19. The van der Waals surface area contributed by atoms with Gasteiger partial charge in [-0.25, -0.2) is 10.8 Å². The van der Waals surface area contributed by atoms with Gasteiger partial charge in [0.05, 0.1) is 11.6 Å². The van der Waals surface area contributed by atoms with Crippen molar-refractivity contribution in [1.82, 2.24) is 10.3 Å². The topological polar surface area (TPSA) is 80.0 Å². The van der Waals surface area contributed by atoms with Crippen LogP contribution in [0.4, 0.5) is 5.82 Å². The highest BCUT2D eigenvalue weighted by Crippen LogP contribution is 2.26. The molecule has 0 aliphatic carbocycles. The Balaban J connectivity index is 2.10. The molecular formula is C14H14Cl2N4O. The average Bonchev–Trinajstić information content (AvgIpc) is 2.47. The smallest absolute Gasteiger partial charge is 0.253 e. The van der Waals surface area contributed by atoms with Gasteiger partial charge in [-0.05, 0) is 36.8 Å².